The van der Waals surface area contributed by atoms with Crippen molar-refractivity contribution in [2.75, 3.05) is 25.2 Å². The van der Waals surface area contributed by atoms with Gasteiger partial charge in [0.1, 0.15) is 0 Å². The molecule has 0 aromatic carbocycles. The van der Waals surface area contributed by atoms with Gasteiger partial charge in [0.2, 0.25) is 0 Å². The maximum atomic E-state index is 11.1. The van der Waals surface area contributed by atoms with Gasteiger partial charge in [0.05, 0.1) is 6.10 Å². The second kappa shape index (κ2) is 4.07. The maximum absolute atomic E-state index is 11.1. The number of fused-ring (bicyclic) bond motifs is 2. The molecule has 0 aromatic heterocycles. The second-order valence-electron chi connectivity index (χ2n) is 5.54. The van der Waals surface area contributed by atoms with Crippen molar-refractivity contribution in [3.63, 3.8) is 0 Å². The van der Waals surface area contributed by atoms with Crippen LogP contribution in [0.5, 0.6) is 0 Å². The number of hydrogen-bond donors (Lipinski definition) is 1. The van der Waals surface area contributed by atoms with E-state index >= 15 is 0 Å². The van der Waals surface area contributed by atoms with Gasteiger partial charge in [0.15, 0.2) is 0 Å². The summed E-state index contributed by atoms with van der Waals surface area (Å²) in [5, 5.41) is 3.64. The molecule has 1 N–H and O–H groups in total. The monoisotopic (exact) mass is 243 g/mol. The molecule has 92 valence electrons. The number of hydrogen-bond acceptors (Lipinski definition) is 3. The van der Waals surface area contributed by atoms with Crippen LogP contribution >= 0.6 is 0 Å². The molecular weight excluding hydrogens is 222 g/mol. The Bertz CT molecular complexity index is 303. The summed E-state index contributed by atoms with van der Waals surface area (Å²) in [6, 6.07) is 0.650. The highest BCUT2D eigenvalue weighted by atomic mass is 32.2. The molecule has 4 heteroatoms. The van der Waals surface area contributed by atoms with Crippen molar-refractivity contribution in [1.82, 2.24) is 5.32 Å². The summed E-state index contributed by atoms with van der Waals surface area (Å²) in [4.78, 5) is 0. The Balaban J connectivity index is 1.59. The molecule has 2 saturated carbocycles. The Morgan fingerprint density at radius 2 is 2.31 bits per heavy atom. The van der Waals surface area contributed by atoms with Crippen molar-refractivity contribution in [3.8, 4) is 0 Å². The molecule has 1 heterocycles. The quantitative estimate of drug-likeness (QED) is 0.798. The molecule has 1 aliphatic heterocycles. The molecule has 3 fully saturated rings. The average Bonchev–Trinajstić information content (AvgIpc) is 2.55. The second-order valence-corrected chi connectivity index (χ2v) is 7.09. The summed E-state index contributed by atoms with van der Waals surface area (Å²) < 4.78 is 16.9. The van der Waals surface area contributed by atoms with Gasteiger partial charge in [-0.3, -0.25) is 4.21 Å². The maximum Gasteiger partial charge on any atom is 0.0690 e. The van der Waals surface area contributed by atoms with Gasteiger partial charge >= 0.3 is 0 Å². The van der Waals surface area contributed by atoms with E-state index in [-0.39, 0.29) is 0 Å². The van der Waals surface area contributed by atoms with E-state index in [4.69, 9.17) is 4.74 Å². The first-order valence-electron chi connectivity index (χ1n) is 6.39. The summed E-state index contributed by atoms with van der Waals surface area (Å²) >= 11 is 0. The predicted octanol–water partition coefficient (Wildman–Crippen LogP) is 0.912. The van der Waals surface area contributed by atoms with E-state index in [1.165, 1.54) is 25.7 Å². The summed E-state index contributed by atoms with van der Waals surface area (Å²) in [5.41, 5.74) is 0.469. The molecule has 0 amide bonds. The smallest absolute Gasteiger partial charge is 0.0690 e. The molecule has 3 nitrogen and oxygen atoms in total. The predicted molar refractivity (Wildman–Crippen MR) is 64.9 cm³/mol. The fourth-order valence-electron chi connectivity index (χ4n) is 3.92. The van der Waals surface area contributed by atoms with Crippen LogP contribution in [0.4, 0.5) is 0 Å². The lowest BCUT2D eigenvalue weighted by Gasteiger charge is -2.63. The molecule has 1 saturated heterocycles. The topological polar surface area (TPSA) is 38.3 Å². The lowest BCUT2D eigenvalue weighted by molar-refractivity contribution is -0.175. The van der Waals surface area contributed by atoms with Crippen molar-refractivity contribution < 1.29 is 8.95 Å². The highest BCUT2D eigenvalue weighted by molar-refractivity contribution is 7.84. The van der Waals surface area contributed by atoms with E-state index in [2.05, 4.69) is 5.32 Å². The molecule has 0 bridgehead atoms. The summed E-state index contributed by atoms with van der Waals surface area (Å²) in [7, 11) is -0.669. The number of ether oxygens (including phenoxy) is 1. The average molecular weight is 243 g/mol. The largest absolute Gasteiger partial charge is 0.377 e. The SMILES string of the molecule is CS(=O)CCNC1C2CCOC2C12CCC2. The summed E-state index contributed by atoms with van der Waals surface area (Å²) in [6.45, 7) is 1.85. The van der Waals surface area contributed by atoms with Gasteiger partial charge < -0.3 is 10.1 Å². The fraction of sp³-hybridized carbons (Fsp3) is 1.00. The highest BCUT2D eigenvalue weighted by Gasteiger charge is 2.66. The van der Waals surface area contributed by atoms with Gasteiger partial charge in [-0.1, -0.05) is 6.42 Å². The van der Waals surface area contributed by atoms with Crippen LogP contribution in [0.15, 0.2) is 0 Å². The fourth-order valence-corrected chi connectivity index (χ4v) is 4.32. The van der Waals surface area contributed by atoms with E-state index in [1.807, 2.05) is 0 Å². The van der Waals surface area contributed by atoms with E-state index in [1.54, 1.807) is 6.26 Å². The third-order valence-corrected chi connectivity index (χ3v) is 5.57. The van der Waals surface area contributed by atoms with Crippen molar-refractivity contribution in [2.45, 2.75) is 37.8 Å². The van der Waals surface area contributed by atoms with E-state index in [0.717, 1.165) is 24.8 Å². The lowest BCUT2D eigenvalue weighted by atomic mass is 9.46. The van der Waals surface area contributed by atoms with Crippen LogP contribution in [0.25, 0.3) is 0 Å². The third-order valence-electron chi connectivity index (χ3n) is 4.79. The molecule has 2 aliphatic carbocycles. The van der Waals surface area contributed by atoms with Gasteiger partial charge in [-0.15, -0.1) is 0 Å². The minimum absolute atomic E-state index is 0.469. The Labute approximate surface area is 99.8 Å². The third kappa shape index (κ3) is 1.50. The van der Waals surface area contributed by atoms with E-state index < -0.39 is 10.8 Å². The molecule has 1 spiro atoms. The normalized spacial score (nSPS) is 41.2. The molecular formula is C12H21NO2S. The number of rotatable bonds is 4. The highest BCUT2D eigenvalue weighted by Crippen LogP contribution is 2.62. The number of nitrogens with one attached hydrogen (secondary N) is 1. The van der Waals surface area contributed by atoms with Crippen LogP contribution in [0.2, 0.25) is 0 Å². The lowest BCUT2D eigenvalue weighted by Crippen LogP contribution is -2.71. The zero-order valence-electron chi connectivity index (χ0n) is 9.91. The van der Waals surface area contributed by atoms with Crippen molar-refractivity contribution in [2.24, 2.45) is 11.3 Å². The Hall–Kier alpha value is 0.0700. The van der Waals surface area contributed by atoms with E-state index in [0.29, 0.717) is 17.6 Å². The van der Waals surface area contributed by atoms with Crippen LogP contribution in [-0.2, 0) is 15.5 Å². The van der Waals surface area contributed by atoms with Crippen molar-refractivity contribution in [3.05, 3.63) is 0 Å². The molecule has 4 atom stereocenters. The molecule has 3 aliphatic rings. The van der Waals surface area contributed by atoms with Gasteiger partial charge in [0, 0.05) is 53.3 Å². The van der Waals surface area contributed by atoms with Crippen LogP contribution in [-0.4, -0.2) is 41.5 Å². The van der Waals surface area contributed by atoms with Gasteiger partial charge in [-0.05, 0) is 19.3 Å². The van der Waals surface area contributed by atoms with Crippen molar-refractivity contribution >= 4 is 10.8 Å². The zero-order chi connectivity index (χ0) is 11.2. The molecule has 4 unspecified atom stereocenters. The Kier molecular flexibility index (Phi) is 2.84. The molecule has 3 rings (SSSR count). The van der Waals surface area contributed by atoms with Gasteiger partial charge in [-0.25, -0.2) is 0 Å². The molecule has 0 aromatic rings. The van der Waals surface area contributed by atoms with E-state index in [9.17, 15) is 4.21 Å². The zero-order valence-corrected chi connectivity index (χ0v) is 10.7. The Morgan fingerprint density at radius 3 is 2.94 bits per heavy atom. The summed E-state index contributed by atoms with van der Waals surface area (Å²) in [5.74, 6) is 1.52. The summed E-state index contributed by atoms with van der Waals surface area (Å²) in [6.07, 6.45) is 7.58. The first-order valence-corrected chi connectivity index (χ1v) is 8.12. The van der Waals surface area contributed by atoms with Gasteiger partial charge in [-0.2, -0.15) is 0 Å². The van der Waals surface area contributed by atoms with Gasteiger partial charge in [0.25, 0.3) is 0 Å². The minimum Gasteiger partial charge on any atom is -0.377 e. The minimum atomic E-state index is -0.669. The van der Waals surface area contributed by atoms with Crippen LogP contribution < -0.4 is 5.32 Å². The van der Waals surface area contributed by atoms with Crippen LogP contribution in [0.3, 0.4) is 0 Å². The standard InChI is InChI=1S/C12H21NO2S/c1-16(14)8-6-13-10-9-3-7-15-11(9)12(10)4-2-5-12/h9-11,13H,2-8H2,1H3. The van der Waals surface area contributed by atoms with Crippen LogP contribution in [0, 0.1) is 11.3 Å². The first kappa shape index (κ1) is 11.2. The molecule has 16 heavy (non-hydrogen) atoms. The van der Waals surface area contributed by atoms with Crippen molar-refractivity contribution in [1.29, 1.82) is 0 Å². The Morgan fingerprint density at radius 1 is 1.50 bits per heavy atom. The van der Waals surface area contributed by atoms with Crippen LogP contribution in [0.1, 0.15) is 25.7 Å². The first-order chi connectivity index (χ1) is 7.74. The molecule has 0 radical (unpaired) electrons.